The van der Waals surface area contributed by atoms with Gasteiger partial charge in [-0.2, -0.15) is 11.8 Å². The molecule has 92 valence electrons. The highest BCUT2D eigenvalue weighted by Gasteiger charge is 2.30. The maximum Gasteiger partial charge on any atom is 0.317 e. The Morgan fingerprint density at radius 1 is 1.31 bits per heavy atom. The smallest absolute Gasteiger partial charge is 0.317 e. The normalized spacial score (nSPS) is 29.7. The summed E-state index contributed by atoms with van der Waals surface area (Å²) in [6, 6.07) is 0.587. The standard InChI is InChI=1S/C12H22N2OS/c1-2-16-11-7-5-6-10(11)13-12(15)14-8-3-4-9-14/h10-11H,2-9H2,1H3,(H,13,15). The molecule has 0 aromatic heterocycles. The first-order valence-electron chi connectivity index (χ1n) is 6.48. The van der Waals surface area contributed by atoms with Crippen molar-refractivity contribution < 1.29 is 4.79 Å². The van der Waals surface area contributed by atoms with Crippen molar-refractivity contribution in [3.05, 3.63) is 0 Å². The Morgan fingerprint density at radius 2 is 2.06 bits per heavy atom. The average molecular weight is 242 g/mol. The molecular weight excluding hydrogens is 220 g/mol. The Bertz CT molecular complexity index is 241. The van der Waals surface area contributed by atoms with Crippen molar-refractivity contribution in [2.45, 2.75) is 50.3 Å². The van der Waals surface area contributed by atoms with E-state index in [2.05, 4.69) is 12.2 Å². The molecule has 0 aromatic carbocycles. The Hall–Kier alpha value is -0.380. The Morgan fingerprint density at radius 3 is 2.75 bits per heavy atom. The molecule has 16 heavy (non-hydrogen) atoms. The second-order valence-electron chi connectivity index (χ2n) is 4.67. The van der Waals surface area contributed by atoms with Gasteiger partial charge in [0.05, 0.1) is 0 Å². The minimum absolute atomic E-state index is 0.172. The van der Waals surface area contributed by atoms with Crippen LogP contribution in [0.15, 0.2) is 0 Å². The van der Waals surface area contributed by atoms with Crippen LogP contribution in [0.5, 0.6) is 0 Å². The molecule has 1 heterocycles. The molecule has 2 fully saturated rings. The van der Waals surface area contributed by atoms with Crippen LogP contribution in [0.2, 0.25) is 0 Å². The highest BCUT2D eigenvalue weighted by molar-refractivity contribution is 7.99. The summed E-state index contributed by atoms with van der Waals surface area (Å²) < 4.78 is 0. The zero-order valence-corrected chi connectivity index (χ0v) is 10.9. The van der Waals surface area contributed by atoms with Crippen molar-refractivity contribution in [3.63, 3.8) is 0 Å². The van der Waals surface area contributed by atoms with Gasteiger partial charge in [-0.3, -0.25) is 0 Å². The summed E-state index contributed by atoms with van der Waals surface area (Å²) in [7, 11) is 0. The van der Waals surface area contributed by atoms with Gasteiger partial charge in [-0.25, -0.2) is 4.79 Å². The van der Waals surface area contributed by atoms with Crippen LogP contribution in [-0.4, -0.2) is 41.1 Å². The third kappa shape index (κ3) is 2.84. The van der Waals surface area contributed by atoms with Gasteiger partial charge >= 0.3 is 6.03 Å². The lowest BCUT2D eigenvalue weighted by atomic mass is 10.2. The van der Waals surface area contributed by atoms with Crippen LogP contribution < -0.4 is 5.32 Å². The lowest BCUT2D eigenvalue weighted by Gasteiger charge is -2.24. The number of carbonyl (C=O) groups excluding carboxylic acids is 1. The van der Waals surface area contributed by atoms with Crippen molar-refractivity contribution in [1.29, 1.82) is 0 Å². The van der Waals surface area contributed by atoms with E-state index in [-0.39, 0.29) is 6.03 Å². The number of hydrogen-bond acceptors (Lipinski definition) is 2. The SMILES string of the molecule is CCSC1CCCC1NC(=O)N1CCCC1. The Kier molecular flexibility index (Phi) is 4.38. The van der Waals surface area contributed by atoms with Crippen molar-refractivity contribution in [1.82, 2.24) is 10.2 Å². The van der Waals surface area contributed by atoms with Crippen molar-refractivity contribution in [2.24, 2.45) is 0 Å². The predicted octanol–water partition coefficient (Wildman–Crippen LogP) is 2.47. The van der Waals surface area contributed by atoms with Gasteiger partial charge < -0.3 is 10.2 Å². The van der Waals surface area contributed by atoms with Crippen LogP contribution in [-0.2, 0) is 0 Å². The van der Waals surface area contributed by atoms with E-state index in [0.717, 1.165) is 25.3 Å². The third-order valence-electron chi connectivity index (χ3n) is 3.54. The Labute approximate surface area is 102 Å². The van der Waals surface area contributed by atoms with Crippen molar-refractivity contribution in [3.8, 4) is 0 Å². The monoisotopic (exact) mass is 242 g/mol. The summed E-state index contributed by atoms with van der Waals surface area (Å²) in [5.74, 6) is 1.15. The number of carbonyl (C=O) groups is 1. The van der Waals surface area contributed by atoms with Gasteiger partial charge in [-0.15, -0.1) is 0 Å². The van der Waals surface area contributed by atoms with Crippen LogP contribution in [0.1, 0.15) is 39.0 Å². The maximum atomic E-state index is 12.0. The number of urea groups is 1. The van der Waals surface area contributed by atoms with E-state index in [1.165, 1.54) is 25.7 Å². The molecule has 1 saturated carbocycles. The molecule has 2 aliphatic rings. The summed E-state index contributed by atoms with van der Waals surface area (Å²) in [4.78, 5) is 13.9. The first kappa shape index (κ1) is 12.1. The molecule has 4 heteroatoms. The number of likely N-dealkylation sites (tertiary alicyclic amines) is 1. The second-order valence-corrected chi connectivity index (χ2v) is 6.19. The predicted molar refractivity (Wildman–Crippen MR) is 68.9 cm³/mol. The minimum atomic E-state index is 0.172. The largest absolute Gasteiger partial charge is 0.334 e. The highest BCUT2D eigenvalue weighted by atomic mass is 32.2. The number of amides is 2. The molecule has 1 aliphatic carbocycles. The fourth-order valence-corrected chi connectivity index (χ4v) is 3.87. The average Bonchev–Trinajstić information content (AvgIpc) is 2.90. The van der Waals surface area contributed by atoms with Crippen molar-refractivity contribution in [2.75, 3.05) is 18.8 Å². The number of hydrogen-bond donors (Lipinski definition) is 1. The fourth-order valence-electron chi connectivity index (χ4n) is 2.67. The van der Waals surface area contributed by atoms with Gasteiger partial charge in [0.25, 0.3) is 0 Å². The molecule has 3 nitrogen and oxygen atoms in total. The van der Waals surface area contributed by atoms with E-state index < -0.39 is 0 Å². The molecule has 2 atom stereocenters. The van der Waals surface area contributed by atoms with Crippen LogP contribution in [0.3, 0.4) is 0 Å². The maximum absolute atomic E-state index is 12.0. The van der Waals surface area contributed by atoms with Gasteiger partial charge in [-0.1, -0.05) is 13.3 Å². The molecule has 2 rings (SSSR count). The quantitative estimate of drug-likeness (QED) is 0.824. The summed E-state index contributed by atoms with van der Waals surface area (Å²) in [5.41, 5.74) is 0. The summed E-state index contributed by atoms with van der Waals surface area (Å²) in [6.45, 7) is 4.09. The lowest BCUT2D eigenvalue weighted by molar-refractivity contribution is 0.205. The van der Waals surface area contributed by atoms with Gasteiger partial charge in [0.2, 0.25) is 0 Å². The van der Waals surface area contributed by atoms with Crippen LogP contribution in [0.25, 0.3) is 0 Å². The number of nitrogens with zero attached hydrogens (tertiary/aromatic N) is 1. The lowest BCUT2D eigenvalue weighted by Crippen LogP contribution is -2.45. The number of thioether (sulfide) groups is 1. The summed E-state index contributed by atoms with van der Waals surface area (Å²) in [6.07, 6.45) is 6.04. The summed E-state index contributed by atoms with van der Waals surface area (Å²) >= 11 is 2.00. The zero-order chi connectivity index (χ0) is 11.4. The van der Waals surface area contributed by atoms with Gasteiger partial charge in [0.1, 0.15) is 0 Å². The van der Waals surface area contributed by atoms with E-state index in [4.69, 9.17) is 0 Å². The van der Waals surface area contributed by atoms with Crippen LogP contribution >= 0.6 is 11.8 Å². The van der Waals surface area contributed by atoms with Gasteiger partial charge in [-0.05, 0) is 31.4 Å². The summed E-state index contributed by atoms with van der Waals surface area (Å²) in [5, 5.41) is 3.87. The van der Waals surface area contributed by atoms with E-state index >= 15 is 0 Å². The van der Waals surface area contributed by atoms with Gasteiger partial charge in [0.15, 0.2) is 0 Å². The molecule has 0 bridgehead atoms. The zero-order valence-electron chi connectivity index (χ0n) is 10.1. The van der Waals surface area contributed by atoms with Crippen molar-refractivity contribution >= 4 is 17.8 Å². The number of nitrogens with one attached hydrogen (secondary N) is 1. The molecular formula is C12H22N2OS. The topological polar surface area (TPSA) is 32.3 Å². The minimum Gasteiger partial charge on any atom is -0.334 e. The molecule has 0 spiro atoms. The molecule has 2 unspecified atom stereocenters. The van der Waals surface area contributed by atoms with E-state index in [1.54, 1.807) is 0 Å². The van der Waals surface area contributed by atoms with E-state index in [1.807, 2.05) is 16.7 Å². The van der Waals surface area contributed by atoms with Crippen LogP contribution in [0.4, 0.5) is 4.79 Å². The highest BCUT2D eigenvalue weighted by Crippen LogP contribution is 2.30. The first-order chi connectivity index (χ1) is 7.81. The van der Waals surface area contributed by atoms with E-state index in [0.29, 0.717) is 11.3 Å². The molecule has 1 N–H and O–H groups in total. The number of rotatable bonds is 3. The fraction of sp³-hybridized carbons (Fsp3) is 0.917. The first-order valence-corrected chi connectivity index (χ1v) is 7.53. The molecule has 0 aromatic rings. The molecule has 2 amide bonds. The third-order valence-corrected chi connectivity index (χ3v) is 4.86. The van der Waals surface area contributed by atoms with Crippen LogP contribution in [0, 0.1) is 0 Å². The second kappa shape index (κ2) is 5.80. The Balaban J connectivity index is 1.81. The van der Waals surface area contributed by atoms with E-state index in [9.17, 15) is 4.79 Å². The van der Waals surface area contributed by atoms with Gasteiger partial charge in [0, 0.05) is 24.4 Å². The molecule has 1 saturated heterocycles. The molecule has 1 aliphatic heterocycles. The molecule has 0 radical (unpaired) electrons.